The molecule has 0 radical (unpaired) electrons. The molecule has 0 atom stereocenters. The highest BCUT2D eigenvalue weighted by Gasteiger charge is 2.14. The number of aromatic nitrogens is 2. The average molecular weight is 388 g/mol. The average Bonchev–Trinajstić information content (AvgIpc) is 2.70. The van der Waals surface area contributed by atoms with Gasteiger partial charge in [-0.2, -0.15) is 0 Å². The number of ketones is 1. The van der Waals surface area contributed by atoms with Gasteiger partial charge < -0.3 is 10.6 Å². The van der Waals surface area contributed by atoms with Crippen molar-refractivity contribution in [3.05, 3.63) is 77.2 Å². The highest BCUT2D eigenvalue weighted by atomic mass is 16.2. The van der Waals surface area contributed by atoms with Crippen LogP contribution in [0.1, 0.15) is 58.7 Å². The van der Waals surface area contributed by atoms with Crippen LogP contribution in [0, 0.1) is 6.92 Å². The minimum atomic E-state index is -0.300. The summed E-state index contributed by atoms with van der Waals surface area (Å²) in [6, 6.07) is 13.1. The number of carbonyl (C=O) groups excluding carboxylic acids is 2. The summed E-state index contributed by atoms with van der Waals surface area (Å²) < 4.78 is 0. The van der Waals surface area contributed by atoms with E-state index in [-0.39, 0.29) is 23.3 Å². The normalized spacial score (nSPS) is 10.7. The van der Waals surface area contributed by atoms with Gasteiger partial charge in [0.2, 0.25) is 0 Å². The molecule has 0 saturated carbocycles. The molecule has 1 amide bonds. The van der Waals surface area contributed by atoms with Crippen molar-refractivity contribution >= 4 is 28.9 Å². The number of rotatable bonds is 6. The molecular weight excluding hydrogens is 364 g/mol. The Morgan fingerprint density at radius 2 is 1.69 bits per heavy atom. The number of nitrogens with one attached hydrogen (secondary N) is 2. The first kappa shape index (κ1) is 20.2. The van der Waals surface area contributed by atoms with E-state index in [0.29, 0.717) is 11.4 Å². The molecule has 6 heteroatoms. The highest BCUT2D eigenvalue weighted by Crippen LogP contribution is 2.27. The largest absolute Gasteiger partial charge is 0.339 e. The molecule has 2 N–H and O–H groups in total. The molecule has 0 unspecified atom stereocenters. The van der Waals surface area contributed by atoms with E-state index in [4.69, 9.17) is 0 Å². The van der Waals surface area contributed by atoms with Crippen molar-refractivity contribution < 1.29 is 9.59 Å². The third-order valence-corrected chi connectivity index (χ3v) is 4.61. The third-order valence-electron chi connectivity index (χ3n) is 4.61. The van der Waals surface area contributed by atoms with Crippen molar-refractivity contribution in [2.75, 3.05) is 10.6 Å². The summed E-state index contributed by atoms with van der Waals surface area (Å²) in [5, 5.41) is 6.07. The predicted molar refractivity (Wildman–Crippen MR) is 115 cm³/mol. The van der Waals surface area contributed by atoms with Gasteiger partial charge in [-0.25, -0.2) is 9.97 Å². The molecule has 0 saturated heterocycles. The van der Waals surface area contributed by atoms with Gasteiger partial charge in [-0.1, -0.05) is 32.0 Å². The SMILES string of the molecule is CC(=O)c1ccc(Nc2cnc(C(=O)Nc3c(C)cccc3C(C)C)cn2)cc1. The van der Waals surface area contributed by atoms with Gasteiger partial charge in [-0.05, 0) is 55.2 Å². The van der Waals surface area contributed by atoms with Crippen molar-refractivity contribution in [1.82, 2.24) is 9.97 Å². The monoisotopic (exact) mass is 388 g/mol. The molecule has 2 aromatic carbocycles. The Labute approximate surface area is 170 Å². The molecular formula is C23H24N4O2. The minimum Gasteiger partial charge on any atom is -0.339 e. The number of hydrogen-bond donors (Lipinski definition) is 2. The summed E-state index contributed by atoms with van der Waals surface area (Å²) in [6.45, 7) is 7.68. The van der Waals surface area contributed by atoms with Gasteiger partial charge in [0.1, 0.15) is 11.5 Å². The highest BCUT2D eigenvalue weighted by molar-refractivity contribution is 6.03. The lowest BCUT2D eigenvalue weighted by molar-refractivity contribution is 0.101. The van der Waals surface area contributed by atoms with Crippen LogP contribution >= 0.6 is 0 Å². The van der Waals surface area contributed by atoms with E-state index in [1.165, 1.54) is 19.3 Å². The Morgan fingerprint density at radius 1 is 0.966 bits per heavy atom. The van der Waals surface area contributed by atoms with Gasteiger partial charge in [-0.3, -0.25) is 9.59 Å². The lowest BCUT2D eigenvalue weighted by Crippen LogP contribution is -2.16. The zero-order valence-electron chi connectivity index (χ0n) is 17.0. The Hall–Kier alpha value is -3.54. The summed E-state index contributed by atoms with van der Waals surface area (Å²) in [7, 11) is 0. The molecule has 1 heterocycles. The first-order chi connectivity index (χ1) is 13.8. The smallest absolute Gasteiger partial charge is 0.275 e. The maximum atomic E-state index is 12.6. The van der Waals surface area contributed by atoms with Crippen molar-refractivity contribution in [3.63, 3.8) is 0 Å². The summed E-state index contributed by atoms with van der Waals surface area (Å²) in [5.41, 5.74) is 4.57. The molecule has 148 valence electrons. The fourth-order valence-electron chi connectivity index (χ4n) is 2.97. The number of anilines is 3. The minimum absolute atomic E-state index is 0.0148. The van der Waals surface area contributed by atoms with Crippen LogP contribution in [-0.4, -0.2) is 21.7 Å². The van der Waals surface area contributed by atoms with Crippen LogP contribution in [0.25, 0.3) is 0 Å². The van der Waals surface area contributed by atoms with Gasteiger partial charge in [-0.15, -0.1) is 0 Å². The second-order valence-corrected chi connectivity index (χ2v) is 7.19. The molecule has 0 bridgehead atoms. The number of carbonyl (C=O) groups is 2. The molecule has 0 aliphatic rings. The molecule has 0 fully saturated rings. The fraction of sp³-hybridized carbons (Fsp3) is 0.217. The standard InChI is InChI=1S/C23H24N4O2/c1-14(2)19-7-5-6-15(3)22(19)27-23(29)20-12-25-21(13-24-20)26-18-10-8-17(9-11-18)16(4)28/h5-14H,1-4H3,(H,25,26)(H,27,29). The van der Waals surface area contributed by atoms with Crippen molar-refractivity contribution in [1.29, 1.82) is 0 Å². The molecule has 29 heavy (non-hydrogen) atoms. The van der Waals surface area contributed by atoms with Gasteiger partial charge in [0, 0.05) is 16.9 Å². The molecule has 1 aromatic heterocycles. The zero-order chi connectivity index (χ0) is 21.0. The number of para-hydroxylation sites is 1. The summed E-state index contributed by atoms with van der Waals surface area (Å²) >= 11 is 0. The van der Waals surface area contributed by atoms with Crippen LogP contribution in [0.3, 0.4) is 0 Å². The Morgan fingerprint density at radius 3 is 2.28 bits per heavy atom. The van der Waals surface area contributed by atoms with E-state index in [0.717, 1.165) is 22.5 Å². The van der Waals surface area contributed by atoms with Gasteiger partial charge in [0.25, 0.3) is 5.91 Å². The van der Waals surface area contributed by atoms with Crippen molar-refractivity contribution in [2.24, 2.45) is 0 Å². The van der Waals surface area contributed by atoms with E-state index in [1.807, 2.05) is 25.1 Å². The Bertz CT molecular complexity index is 1030. The first-order valence-electron chi connectivity index (χ1n) is 9.46. The number of amides is 1. The van der Waals surface area contributed by atoms with Gasteiger partial charge >= 0.3 is 0 Å². The van der Waals surface area contributed by atoms with Crippen molar-refractivity contribution in [2.45, 2.75) is 33.6 Å². The maximum Gasteiger partial charge on any atom is 0.275 e. The van der Waals surface area contributed by atoms with Gasteiger partial charge in [0.15, 0.2) is 5.78 Å². The maximum absolute atomic E-state index is 12.6. The van der Waals surface area contributed by atoms with Crippen LogP contribution in [0.2, 0.25) is 0 Å². The Balaban J connectivity index is 1.72. The second-order valence-electron chi connectivity index (χ2n) is 7.19. The van der Waals surface area contributed by atoms with Crippen LogP contribution < -0.4 is 10.6 Å². The number of Topliss-reactive ketones (excluding diaryl/α,β-unsaturated/α-hetero) is 1. The van der Waals surface area contributed by atoms with E-state index in [1.54, 1.807) is 24.3 Å². The van der Waals surface area contributed by atoms with E-state index < -0.39 is 0 Å². The second kappa shape index (κ2) is 8.65. The molecule has 0 aliphatic heterocycles. The summed E-state index contributed by atoms with van der Waals surface area (Å²) in [6.07, 6.45) is 2.95. The quantitative estimate of drug-likeness (QED) is 0.574. The van der Waals surface area contributed by atoms with Crippen LogP contribution in [-0.2, 0) is 0 Å². The Kier molecular flexibility index (Phi) is 6.02. The van der Waals surface area contributed by atoms with Gasteiger partial charge in [0.05, 0.1) is 12.4 Å². The molecule has 0 aliphatic carbocycles. The van der Waals surface area contributed by atoms with Crippen molar-refractivity contribution in [3.8, 4) is 0 Å². The number of nitrogens with zero attached hydrogens (tertiary/aromatic N) is 2. The summed E-state index contributed by atoms with van der Waals surface area (Å²) in [5.74, 6) is 0.514. The topological polar surface area (TPSA) is 84.0 Å². The lowest BCUT2D eigenvalue weighted by Gasteiger charge is -2.16. The molecule has 0 spiro atoms. The van der Waals surface area contributed by atoms with E-state index in [9.17, 15) is 9.59 Å². The van der Waals surface area contributed by atoms with Crippen LogP contribution in [0.15, 0.2) is 54.9 Å². The number of benzene rings is 2. The molecule has 3 rings (SSSR count). The third kappa shape index (κ3) is 4.85. The lowest BCUT2D eigenvalue weighted by atomic mass is 9.98. The molecule has 6 nitrogen and oxygen atoms in total. The predicted octanol–water partition coefficient (Wildman–Crippen LogP) is 5.11. The number of hydrogen-bond acceptors (Lipinski definition) is 5. The first-order valence-corrected chi connectivity index (χ1v) is 9.46. The molecule has 3 aromatic rings. The van der Waals surface area contributed by atoms with Crippen LogP contribution in [0.5, 0.6) is 0 Å². The fourth-order valence-corrected chi connectivity index (χ4v) is 2.97. The van der Waals surface area contributed by atoms with Crippen LogP contribution in [0.4, 0.5) is 17.2 Å². The van der Waals surface area contributed by atoms with E-state index in [2.05, 4.69) is 34.4 Å². The summed E-state index contributed by atoms with van der Waals surface area (Å²) in [4.78, 5) is 32.5. The van der Waals surface area contributed by atoms with E-state index >= 15 is 0 Å². The number of aryl methyl sites for hydroxylation is 1. The zero-order valence-corrected chi connectivity index (χ0v) is 17.0.